The van der Waals surface area contributed by atoms with Crippen molar-refractivity contribution in [3.05, 3.63) is 108 Å². The molecule has 0 bridgehead atoms. The molecule has 2 saturated heterocycles. The van der Waals surface area contributed by atoms with E-state index in [-0.39, 0.29) is 31.3 Å². The van der Waals surface area contributed by atoms with E-state index in [0.717, 1.165) is 59.5 Å². The highest BCUT2D eigenvalue weighted by atomic mass is 16.7. The van der Waals surface area contributed by atoms with Crippen LogP contribution in [0.5, 0.6) is 0 Å². The Morgan fingerprint density at radius 2 is 1.82 bits per heavy atom. The van der Waals surface area contributed by atoms with Gasteiger partial charge >= 0.3 is 6.09 Å². The number of carbonyl (C=O) groups is 1. The number of benzene rings is 3. The number of hydrogen-bond acceptors (Lipinski definition) is 7. The van der Waals surface area contributed by atoms with E-state index < -0.39 is 12.4 Å². The Morgan fingerprint density at radius 3 is 2.55 bits per heavy atom. The molecule has 3 aromatic rings. The summed E-state index contributed by atoms with van der Waals surface area (Å²) in [6.45, 7) is 8.91. The normalized spacial score (nSPS) is 23.8. The van der Waals surface area contributed by atoms with Gasteiger partial charge in [-0.2, -0.15) is 0 Å². The molecule has 0 saturated carbocycles. The molecule has 2 N–H and O–H groups in total. The molecule has 2 aliphatic rings. The second kappa shape index (κ2) is 15.5. The number of methoxy groups -OCH3 is 1. The molecule has 0 radical (unpaired) electrons. The Balaban J connectivity index is 1.33. The molecule has 1 amide bonds. The van der Waals surface area contributed by atoms with Crippen LogP contribution in [0.4, 0.5) is 4.79 Å². The van der Waals surface area contributed by atoms with E-state index in [0.29, 0.717) is 12.6 Å². The molecule has 5 unspecified atom stereocenters. The number of carbonyl (C=O) groups excluding carboxylic acids is 1. The number of rotatable bonds is 12. The summed E-state index contributed by atoms with van der Waals surface area (Å²) in [5.41, 5.74) is 6.00. The fraction of sp³-hybridized carbons (Fsp3) is 0.417. The van der Waals surface area contributed by atoms with Gasteiger partial charge in [-0.25, -0.2) is 4.79 Å². The molecule has 3 aromatic carbocycles. The Morgan fingerprint density at radius 1 is 1.05 bits per heavy atom. The number of alkyl carbamates (subject to hydrolysis) is 1. The molecule has 8 heteroatoms. The predicted molar refractivity (Wildman–Crippen MR) is 170 cm³/mol. The SMILES string of the molecule is C=CCOC(=O)NCc1cccc(-c2ccc(C3OC(CN4CCCC4COC)C(C)C(c4ccc(CO)cc4)O3)cc2)c1. The quantitative estimate of drug-likeness (QED) is 0.241. The lowest BCUT2D eigenvalue weighted by Gasteiger charge is -2.43. The minimum Gasteiger partial charge on any atom is -0.445 e. The van der Waals surface area contributed by atoms with Gasteiger partial charge in [0, 0.05) is 37.7 Å². The second-order valence-electron chi connectivity index (χ2n) is 11.6. The van der Waals surface area contributed by atoms with Gasteiger partial charge in [0.15, 0.2) is 6.29 Å². The molecule has 5 rings (SSSR count). The summed E-state index contributed by atoms with van der Waals surface area (Å²) >= 11 is 0. The van der Waals surface area contributed by atoms with Gasteiger partial charge in [-0.1, -0.05) is 86.3 Å². The summed E-state index contributed by atoms with van der Waals surface area (Å²) in [6, 6.07) is 24.8. The summed E-state index contributed by atoms with van der Waals surface area (Å²) in [4.78, 5) is 14.3. The van der Waals surface area contributed by atoms with Gasteiger partial charge in [-0.05, 0) is 53.3 Å². The van der Waals surface area contributed by atoms with Gasteiger partial charge < -0.3 is 29.4 Å². The lowest BCUT2D eigenvalue weighted by Crippen LogP contribution is -2.46. The minimum absolute atomic E-state index is 0.0135. The first-order valence-corrected chi connectivity index (χ1v) is 15.4. The van der Waals surface area contributed by atoms with E-state index in [2.05, 4.69) is 72.3 Å². The molecule has 0 aliphatic carbocycles. The van der Waals surface area contributed by atoms with Gasteiger partial charge in [0.25, 0.3) is 0 Å². The molecule has 2 aliphatic heterocycles. The molecule has 44 heavy (non-hydrogen) atoms. The number of amides is 1. The van der Waals surface area contributed by atoms with Crippen molar-refractivity contribution in [2.24, 2.45) is 5.92 Å². The van der Waals surface area contributed by atoms with Crippen LogP contribution in [0.1, 0.15) is 54.4 Å². The number of aliphatic hydroxyl groups is 1. The largest absolute Gasteiger partial charge is 0.445 e. The van der Waals surface area contributed by atoms with Gasteiger partial charge in [0.2, 0.25) is 0 Å². The number of aliphatic hydroxyl groups excluding tert-OH is 1. The molecule has 2 fully saturated rings. The summed E-state index contributed by atoms with van der Waals surface area (Å²) < 4.78 is 23.9. The number of hydrogen-bond donors (Lipinski definition) is 2. The van der Waals surface area contributed by atoms with Crippen molar-refractivity contribution >= 4 is 6.09 Å². The third kappa shape index (κ3) is 7.94. The van der Waals surface area contributed by atoms with Crippen LogP contribution in [0.3, 0.4) is 0 Å². The van der Waals surface area contributed by atoms with E-state index in [4.69, 9.17) is 18.9 Å². The molecule has 234 valence electrons. The third-order valence-electron chi connectivity index (χ3n) is 8.61. The standard InChI is InChI=1S/C36H44N2O6/c1-4-19-42-36(40)37-21-27-7-5-8-31(20-27)28-14-16-30(17-15-28)35-43-33(22-38-18-6-9-32(38)24-41-3)25(2)34(44-35)29-12-10-26(23-39)11-13-29/h4-5,7-8,10-17,20,25,32-35,39H,1,6,9,18-19,21-24H2,2-3H3,(H,37,40). The molecule has 8 nitrogen and oxygen atoms in total. The third-order valence-corrected chi connectivity index (χ3v) is 8.61. The second-order valence-corrected chi connectivity index (χ2v) is 11.6. The fourth-order valence-electron chi connectivity index (χ4n) is 6.13. The zero-order valence-electron chi connectivity index (χ0n) is 25.7. The monoisotopic (exact) mass is 600 g/mol. The van der Waals surface area contributed by atoms with E-state index in [1.54, 1.807) is 7.11 Å². The maximum atomic E-state index is 11.8. The average molecular weight is 601 g/mol. The van der Waals surface area contributed by atoms with Crippen molar-refractivity contribution in [2.45, 2.75) is 57.5 Å². The first-order chi connectivity index (χ1) is 21.5. The maximum absolute atomic E-state index is 11.8. The number of nitrogens with zero attached hydrogens (tertiary/aromatic N) is 1. The Hall–Kier alpha value is -3.53. The topological polar surface area (TPSA) is 89.5 Å². The first-order valence-electron chi connectivity index (χ1n) is 15.4. The van der Waals surface area contributed by atoms with E-state index >= 15 is 0 Å². The highest BCUT2D eigenvalue weighted by Crippen LogP contribution is 2.42. The van der Waals surface area contributed by atoms with Crippen molar-refractivity contribution in [2.75, 3.05) is 33.4 Å². The molecule has 0 aromatic heterocycles. The Labute approximate surface area is 260 Å². The zero-order chi connectivity index (χ0) is 30.9. The van der Waals surface area contributed by atoms with Crippen LogP contribution in [0.25, 0.3) is 11.1 Å². The fourth-order valence-corrected chi connectivity index (χ4v) is 6.13. The smallest absolute Gasteiger partial charge is 0.407 e. The summed E-state index contributed by atoms with van der Waals surface area (Å²) in [7, 11) is 1.77. The van der Waals surface area contributed by atoms with Crippen LogP contribution in [0.15, 0.2) is 85.5 Å². The zero-order valence-corrected chi connectivity index (χ0v) is 25.7. The van der Waals surface area contributed by atoms with Crippen LogP contribution in [-0.4, -0.2) is 61.7 Å². The van der Waals surface area contributed by atoms with Crippen molar-refractivity contribution in [3.8, 4) is 11.1 Å². The van der Waals surface area contributed by atoms with Crippen molar-refractivity contribution < 1.29 is 28.8 Å². The molecular weight excluding hydrogens is 556 g/mol. The molecular formula is C36H44N2O6. The minimum atomic E-state index is -0.520. The van der Waals surface area contributed by atoms with Gasteiger partial charge in [0.1, 0.15) is 6.61 Å². The van der Waals surface area contributed by atoms with E-state index in [1.165, 1.54) is 12.5 Å². The molecule has 2 heterocycles. The lowest BCUT2D eigenvalue weighted by molar-refractivity contribution is -0.276. The number of ether oxygens (including phenoxy) is 4. The van der Waals surface area contributed by atoms with Crippen LogP contribution >= 0.6 is 0 Å². The Kier molecular flexibility index (Phi) is 11.2. The average Bonchev–Trinajstić information content (AvgIpc) is 3.50. The van der Waals surface area contributed by atoms with Crippen LogP contribution < -0.4 is 5.32 Å². The first kappa shape index (κ1) is 31.9. The van der Waals surface area contributed by atoms with Crippen molar-refractivity contribution in [3.63, 3.8) is 0 Å². The summed E-state index contributed by atoms with van der Waals surface area (Å²) in [5.74, 6) is 0.125. The van der Waals surface area contributed by atoms with Crippen LogP contribution in [-0.2, 0) is 32.1 Å². The number of nitrogens with one attached hydrogen (secondary N) is 1. The summed E-state index contributed by atoms with van der Waals surface area (Å²) in [5, 5.41) is 12.3. The lowest BCUT2D eigenvalue weighted by atomic mass is 9.89. The predicted octanol–water partition coefficient (Wildman–Crippen LogP) is 6.16. The van der Waals surface area contributed by atoms with Gasteiger partial charge in [-0.3, -0.25) is 4.90 Å². The maximum Gasteiger partial charge on any atom is 0.407 e. The van der Waals surface area contributed by atoms with Crippen molar-refractivity contribution in [1.29, 1.82) is 0 Å². The van der Waals surface area contributed by atoms with Crippen molar-refractivity contribution in [1.82, 2.24) is 10.2 Å². The van der Waals surface area contributed by atoms with Crippen LogP contribution in [0, 0.1) is 5.92 Å². The highest BCUT2D eigenvalue weighted by Gasteiger charge is 2.40. The van der Waals surface area contributed by atoms with Crippen LogP contribution in [0.2, 0.25) is 0 Å². The molecule has 5 atom stereocenters. The molecule has 0 spiro atoms. The highest BCUT2D eigenvalue weighted by molar-refractivity contribution is 5.68. The van der Waals surface area contributed by atoms with E-state index in [9.17, 15) is 9.90 Å². The van der Waals surface area contributed by atoms with Gasteiger partial charge in [-0.15, -0.1) is 0 Å². The van der Waals surface area contributed by atoms with Gasteiger partial charge in [0.05, 0.1) is 25.4 Å². The van der Waals surface area contributed by atoms with E-state index in [1.807, 2.05) is 24.3 Å². The summed E-state index contributed by atoms with van der Waals surface area (Å²) in [6.07, 6.45) is 2.66. The number of likely N-dealkylation sites (tertiary alicyclic amines) is 1. The Bertz CT molecular complexity index is 1360.